The molecule has 0 radical (unpaired) electrons. The molecule has 168 valence electrons. The third kappa shape index (κ3) is 4.17. The fourth-order valence-electron chi connectivity index (χ4n) is 4.10. The number of primary amides is 1. The second-order valence-corrected chi connectivity index (χ2v) is 9.56. The van der Waals surface area contributed by atoms with Crippen molar-refractivity contribution in [1.29, 1.82) is 0 Å². The number of aromatic nitrogens is 3. The number of carbonyl (C=O) groups is 2. The summed E-state index contributed by atoms with van der Waals surface area (Å²) in [5.74, 6) is 0.695. The minimum Gasteiger partial charge on any atom is -0.383 e. The average Bonchev–Trinajstić information content (AvgIpc) is 3.04. The van der Waals surface area contributed by atoms with E-state index in [1.165, 1.54) is 0 Å². The number of hydrogen-bond donors (Lipinski definition) is 2. The molecule has 1 fully saturated rings. The summed E-state index contributed by atoms with van der Waals surface area (Å²) in [6.07, 6.45) is 1.58. The molecule has 1 amide bonds. The molecule has 32 heavy (non-hydrogen) atoms. The number of rotatable bonds is 8. The van der Waals surface area contributed by atoms with Crippen molar-refractivity contribution < 1.29 is 14.1 Å². The maximum Gasteiger partial charge on any atom is 0.254 e. The van der Waals surface area contributed by atoms with E-state index in [4.69, 9.17) is 16.0 Å². The predicted octanol–water partition coefficient (Wildman–Crippen LogP) is 3.67. The first-order valence-electron chi connectivity index (χ1n) is 10.8. The molecule has 2 aromatic heterocycles. The number of nitrogen functional groups attached to an aromatic ring is 1. The highest BCUT2D eigenvalue weighted by Crippen LogP contribution is 2.58. The van der Waals surface area contributed by atoms with Crippen LogP contribution in [0, 0.1) is 5.41 Å². The van der Waals surface area contributed by atoms with Gasteiger partial charge in [0.1, 0.15) is 28.6 Å². The minimum absolute atomic E-state index is 0.0127. The van der Waals surface area contributed by atoms with Gasteiger partial charge in [0.2, 0.25) is 0 Å². The van der Waals surface area contributed by atoms with Crippen LogP contribution in [0.5, 0.6) is 0 Å². The van der Waals surface area contributed by atoms with E-state index >= 15 is 0 Å². The first kappa shape index (κ1) is 21.8. The van der Waals surface area contributed by atoms with E-state index in [2.05, 4.69) is 24.1 Å². The van der Waals surface area contributed by atoms with Gasteiger partial charge in [-0.2, -0.15) is 5.10 Å². The van der Waals surface area contributed by atoms with Crippen molar-refractivity contribution in [3.8, 4) is 11.3 Å². The normalized spacial score (nSPS) is 17.0. The van der Waals surface area contributed by atoms with Gasteiger partial charge in [0.25, 0.3) is 5.91 Å². The Morgan fingerprint density at radius 1 is 1.22 bits per heavy atom. The zero-order chi connectivity index (χ0) is 23.2. The zero-order valence-corrected chi connectivity index (χ0v) is 18.9. The molecule has 3 aromatic rings. The third-order valence-electron chi connectivity index (χ3n) is 6.13. The second kappa shape index (κ2) is 7.93. The summed E-state index contributed by atoms with van der Waals surface area (Å²) in [4.78, 5) is 24.5. The zero-order valence-electron chi connectivity index (χ0n) is 18.9. The lowest BCUT2D eigenvalue weighted by molar-refractivity contribution is -0.118. The van der Waals surface area contributed by atoms with Crippen molar-refractivity contribution in [3.05, 3.63) is 52.9 Å². The van der Waals surface area contributed by atoms with Gasteiger partial charge in [-0.3, -0.25) is 9.59 Å². The maximum atomic E-state index is 12.5. The Morgan fingerprint density at radius 3 is 2.44 bits per heavy atom. The molecule has 2 heterocycles. The number of Topliss-reactive ketones (excluding diaryl/α,β-unsaturated/α-hetero) is 1. The fourth-order valence-corrected chi connectivity index (χ4v) is 4.10. The van der Waals surface area contributed by atoms with Crippen LogP contribution in [0.1, 0.15) is 73.5 Å². The number of benzene rings is 1. The molecule has 4 N–H and O–H groups in total. The number of amides is 1. The minimum atomic E-state index is -0.621. The third-order valence-corrected chi connectivity index (χ3v) is 6.13. The molecule has 0 aliphatic heterocycles. The highest BCUT2D eigenvalue weighted by molar-refractivity contribution is 6.03. The highest BCUT2D eigenvalue weighted by Gasteiger charge is 2.48. The van der Waals surface area contributed by atoms with Crippen LogP contribution in [0.2, 0.25) is 0 Å². The molecular weight excluding hydrogens is 406 g/mol. The number of carbonyl (C=O) groups excluding carboxylic acids is 2. The maximum absolute atomic E-state index is 12.5. The molecule has 0 saturated heterocycles. The van der Waals surface area contributed by atoms with Crippen LogP contribution in [0.4, 0.5) is 5.82 Å². The quantitative estimate of drug-likeness (QED) is 0.555. The second-order valence-electron chi connectivity index (χ2n) is 9.56. The van der Waals surface area contributed by atoms with Gasteiger partial charge in [0.15, 0.2) is 0 Å². The SMILES string of the molecule is CC(C)n1nc(-c2ccc(CC(=O)Cc3cc(C4CC4(C)C)no3)cc2)c(C(N)=O)c1N. The van der Waals surface area contributed by atoms with E-state index in [1.54, 1.807) is 4.68 Å². The monoisotopic (exact) mass is 435 g/mol. The van der Waals surface area contributed by atoms with E-state index in [0.29, 0.717) is 22.9 Å². The number of nitrogens with zero attached hydrogens (tertiary/aromatic N) is 3. The lowest BCUT2D eigenvalue weighted by atomic mass is 10.0. The lowest BCUT2D eigenvalue weighted by Crippen LogP contribution is -2.15. The molecular formula is C24H29N5O3. The van der Waals surface area contributed by atoms with Crippen LogP contribution in [-0.2, 0) is 17.6 Å². The van der Waals surface area contributed by atoms with E-state index in [1.807, 2.05) is 44.2 Å². The van der Waals surface area contributed by atoms with Crippen LogP contribution in [0.15, 0.2) is 34.9 Å². The van der Waals surface area contributed by atoms with E-state index in [-0.39, 0.29) is 41.5 Å². The van der Waals surface area contributed by atoms with Crippen LogP contribution >= 0.6 is 0 Å². The van der Waals surface area contributed by atoms with E-state index in [9.17, 15) is 9.59 Å². The first-order valence-corrected chi connectivity index (χ1v) is 10.8. The van der Waals surface area contributed by atoms with Gasteiger partial charge < -0.3 is 16.0 Å². The average molecular weight is 436 g/mol. The Labute approximate surface area is 186 Å². The van der Waals surface area contributed by atoms with Crippen molar-refractivity contribution in [2.75, 3.05) is 5.73 Å². The van der Waals surface area contributed by atoms with Gasteiger partial charge in [-0.25, -0.2) is 4.68 Å². The van der Waals surface area contributed by atoms with E-state index in [0.717, 1.165) is 17.7 Å². The Hall–Kier alpha value is -3.42. The summed E-state index contributed by atoms with van der Waals surface area (Å²) < 4.78 is 6.96. The summed E-state index contributed by atoms with van der Waals surface area (Å²) in [5.41, 5.74) is 15.1. The summed E-state index contributed by atoms with van der Waals surface area (Å²) >= 11 is 0. The van der Waals surface area contributed by atoms with E-state index < -0.39 is 5.91 Å². The number of hydrogen-bond acceptors (Lipinski definition) is 6. The van der Waals surface area contributed by atoms with Crippen molar-refractivity contribution in [2.24, 2.45) is 11.1 Å². The van der Waals surface area contributed by atoms with Crippen molar-refractivity contribution in [3.63, 3.8) is 0 Å². The predicted molar refractivity (Wildman–Crippen MR) is 121 cm³/mol. The molecule has 1 atom stereocenters. The number of nitrogens with two attached hydrogens (primary N) is 2. The molecule has 1 saturated carbocycles. The van der Waals surface area contributed by atoms with Crippen molar-refractivity contribution >= 4 is 17.5 Å². The smallest absolute Gasteiger partial charge is 0.254 e. The Morgan fingerprint density at radius 2 is 1.88 bits per heavy atom. The molecule has 0 bridgehead atoms. The van der Waals surface area contributed by atoms with Crippen LogP contribution in [-0.4, -0.2) is 26.6 Å². The topological polar surface area (TPSA) is 130 Å². The lowest BCUT2D eigenvalue weighted by Gasteiger charge is -2.06. The molecule has 1 aromatic carbocycles. The van der Waals surface area contributed by atoms with Gasteiger partial charge in [-0.05, 0) is 31.2 Å². The fraction of sp³-hybridized carbons (Fsp3) is 0.417. The number of ketones is 1. The van der Waals surface area contributed by atoms with Gasteiger partial charge in [0, 0.05) is 30.0 Å². The van der Waals surface area contributed by atoms with Crippen LogP contribution in [0.25, 0.3) is 11.3 Å². The highest BCUT2D eigenvalue weighted by atomic mass is 16.5. The summed E-state index contributed by atoms with van der Waals surface area (Å²) in [6.45, 7) is 8.26. The summed E-state index contributed by atoms with van der Waals surface area (Å²) in [6, 6.07) is 9.23. The van der Waals surface area contributed by atoms with Crippen LogP contribution < -0.4 is 11.5 Å². The number of anilines is 1. The molecule has 4 rings (SSSR count). The Bertz CT molecular complexity index is 1170. The van der Waals surface area contributed by atoms with Crippen molar-refractivity contribution in [2.45, 2.75) is 58.9 Å². The first-order chi connectivity index (χ1) is 15.1. The molecule has 1 unspecified atom stereocenters. The van der Waals surface area contributed by atoms with Crippen LogP contribution in [0.3, 0.4) is 0 Å². The molecule has 1 aliphatic rings. The molecule has 0 spiro atoms. The van der Waals surface area contributed by atoms with Gasteiger partial charge in [-0.1, -0.05) is 43.3 Å². The van der Waals surface area contributed by atoms with Gasteiger partial charge >= 0.3 is 0 Å². The Kier molecular flexibility index (Phi) is 5.40. The Balaban J connectivity index is 1.45. The summed E-state index contributed by atoms with van der Waals surface area (Å²) in [5, 5.41) is 8.62. The molecule has 8 heteroatoms. The van der Waals surface area contributed by atoms with Gasteiger partial charge in [-0.15, -0.1) is 0 Å². The molecule has 8 nitrogen and oxygen atoms in total. The standard InChI is InChI=1S/C24H29N5O3/c1-13(2)29-22(25)20(23(26)31)21(27-29)15-7-5-14(6-8-15)9-16(30)10-17-11-19(28-32-17)18-12-24(18,3)4/h5-8,11,13,18H,9-10,12,25H2,1-4H3,(H2,26,31). The van der Waals surface area contributed by atoms with Gasteiger partial charge in [0.05, 0.1) is 12.1 Å². The largest absolute Gasteiger partial charge is 0.383 e. The molecule has 1 aliphatic carbocycles. The summed E-state index contributed by atoms with van der Waals surface area (Å²) in [7, 11) is 0. The van der Waals surface area contributed by atoms with Crippen molar-refractivity contribution in [1.82, 2.24) is 14.9 Å².